The lowest BCUT2D eigenvalue weighted by Gasteiger charge is -2.13. The Labute approximate surface area is 133 Å². The van der Waals surface area contributed by atoms with E-state index in [2.05, 4.69) is 5.32 Å². The molecule has 9 heteroatoms. The Bertz CT molecular complexity index is 832. The fourth-order valence-electron chi connectivity index (χ4n) is 1.93. The predicted molar refractivity (Wildman–Crippen MR) is 87.0 cm³/mol. The number of benzene rings is 2. The summed E-state index contributed by atoms with van der Waals surface area (Å²) < 4.78 is 31.2. The van der Waals surface area contributed by atoms with Gasteiger partial charge in [0.05, 0.1) is 4.92 Å². The number of nitrogens with one attached hydrogen (secondary N) is 1. The van der Waals surface area contributed by atoms with Crippen molar-refractivity contribution >= 4 is 32.9 Å². The van der Waals surface area contributed by atoms with Crippen LogP contribution in [0.2, 0.25) is 0 Å². The number of hydrogen-bond donors (Lipinski definition) is 2. The molecule has 0 unspecified atom stereocenters. The molecule has 0 fully saturated rings. The van der Waals surface area contributed by atoms with Gasteiger partial charge in [-0.2, -0.15) is 8.42 Å². The van der Waals surface area contributed by atoms with Crippen LogP contribution in [0.3, 0.4) is 0 Å². The maximum atomic E-state index is 11.1. The summed E-state index contributed by atoms with van der Waals surface area (Å²) in [5.41, 5.74) is 1.25. The highest BCUT2D eigenvalue weighted by Gasteiger charge is 2.19. The van der Waals surface area contributed by atoms with Gasteiger partial charge in [0.25, 0.3) is 15.8 Å². The molecule has 0 heterocycles. The molecule has 2 aromatic rings. The molecule has 0 amide bonds. The fraction of sp³-hybridized carbons (Fsp3) is 0.143. The fourth-order valence-corrected chi connectivity index (χ4v) is 2.43. The second-order valence-electron chi connectivity index (χ2n) is 4.98. The van der Waals surface area contributed by atoms with E-state index in [1.807, 2.05) is 31.1 Å². The molecule has 23 heavy (non-hydrogen) atoms. The van der Waals surface area contributed by atoms with Crippen LogP contribution in [0, 0.1) is 10.1 Å². The van der Waals surface area contributed by atoms with Crippen LogP contribution >= 0.6 is 0 Å². The molecular formula is C14H15N3O5S. The van der Waals surface area contributed by atoms with Gasteiger partial charge in [-0.15, -0.1) is 0 Å². The smallest absolute Gasteiger partial charge is 0.294 e. The Morgan fingerprint density at radius 3 is 2.22 bits per heavy atom. The quantitative estimate of drug-likeness (QED) is 0.490. The lowest BCUT2D eigenvalue weighted by Crippen LogP contribution is -2.08. The number of nitro benzene ring substituents is 1. The van der Waals surface area contributed by atoms with Crippen molar-refractivity contribution < 1.29 is 17.9 Å². The minimum absolute atomic E-state index is 0.125. The molecule has 0 aromatic heterocycles. The van der Waals surface area contributed by atoms with E-state index >= 15 is 0 Å². The molecule has 0 radical (unpaired) electrons. The SMILES string of the molecule is CN(C)c1ccc(Nc2ccc(S(=O)(=O)O)cc2[N+](=O)[O-])cc1. The van der Waals surface area contributed by atoms with Crippen LogP contribution in [0.5, 0.6) is 0 Å². The highest BCUT2D eigenvalue weighted by atomic mass is 32.2. The highest BCUT2D eigenvalue weighted by Crippen LogP contribution is 2.30. The van der Waals surface area contributed by atoms with Gasteiger partial charge in [-0.3, -0.25) is 14.7 Å². The third-order valence-electron chi connectivity index (χ3n) is 3.13. The van der Waals surface area contributed by atoms with Crippen molar-refractivity contribution in [1.82, 2.24) is 0 Å². The van der Waals surface area contributed by atoms with E-state index in [9.17, 15) is 18.5 Å². The van der Waals surface area contributed by atoms with E-state index in [1.54, 1.807) is 12.1 Å². The van der Waals surface area contributed by atoms with Crippen LogP contribution < -0.4 is 10.2 Å². The molecule has 2 aromatic carbocycles. The molecule has 0 aliphatic carbocycles. The van der Waals surface area contributed by atoms with Gasteiger partial charge < -0.3 is 10.2 Å². The largest absolute Gasteiger partial charge is 0.378 e. The number of hydrogen-bond acceptors (Lipinski definition) is 6. The average Bonchev–Trinajstić information content (AvgIpc) is 2.46. The molecular weight excluding hydrogens is 322 g/mol. The number of nitrogens with zero attached hydrogens (tertiary/aromatic N) is 2. The van der Waals surface area contributed by atoms with Crippen LogP contribution in [-0.4, -0.2) is 32.0 Å². The Balaban J connectivity index is 2.37. The zero-order valence-corrected chi connectivity index (χ0v) is 13.2. The van der Waals surface area contributed by atoms with Crippen molar-refractivity contribution in [3.8, 4) is 0 Å². The summed E-state index contributed by atoms with van der Waals surface area (Å²) in [6, 6.07) is 10.3. The van der Waals surface area contributed by atoms with Gasteiger partial charge in [0.1, 0.15) is 10.6 Å². The summed E-state index contributed by atoms with van der Waals surface area (Å²) in [6.07, 6.45) is 0. The maximum absolute atomic E-state index is 11.1. The Kier molecular flexibility index (Phi) is 4.52. The van der Waals surface area contributed by atoms with Gasteiger partial charge in [0.15, 0.2) is 0 Å². The summed E-state index contributed by atoms with van der Waals surface area (Å²) >= 11 is 0. The zero-order valence-electron chi connectivity index (χ0n) is 12.4. The van der Waals surface area contributed by atoms with Gasteiger partial charge in [-0.1, -0.05) is 0 Å². The molecule has 0 atom stereocenters. The van der Waals surface area contributed by atoms with Crippen molar-refractivity contribution in [3.63, 3.8) is 0 Å². The van der Waals surface area contributed by atoms with Crippen molar-refractivity contribution in [1.29, 1.82) is 0 Å². The van der Waals surface area contributed by atoms with Crippen LogP contribution in [0.4, 0.5) is 22.7 Å². The van der Waals surface area contributed by atoms with E-state index in [4.69, 9.17) is 4.55 Å². The van der Waals surface area contributed by atoms with Crippen molar-refractivity contribution in [2.45, 2.75) is 4.90 Å². The van der Waals surface area contributed by atoms with Crippen LogP contribution in [-0.2, 0) is 10.1 Å². The molecule has 0 aliphatic heterocycles. The van der Waals surface area contributed by atoms with Gasteiger partial charge in [-0.25, -0.2) is 0 Å². The molecule has 0 saturated carbocycles. The molecule has 0 saturated heterocycles. The van der Waals surface area contributed by atoms with Gasteiger partial charge in [0.2, 0.25) is 0 Å². The van der Waals surface area contributed by atoms with Crippen LogP contribution in [0.15, 0.2) is 47.4 Å². The summed E-state index contributed by atoms with van der Waals surface area (Å²) in [6.45, 7) is 0. The average molecular weight is 337 g/mol. The maximum Gasteiger partial charge on any atom is 0.294 e. The molecule has 0 spiro atoms. The minimum Gasteiger partial charge on any atom is -0.378 e. The molecule has 2 N–H and O–H groups in total. The predicted octanol–water partition coefficient (Wildman–Crippen LogP) is 2.65. The first-order valence-corrected chi connectivity index (χ1v) is 7.93. The molecule has 0 aliphatic rings. The molecule has 2 rings (SSSR count). The van der Waals surface area contributed by atoms with Crippen molar-refractivity contribution in [2.24, 2.45) is 0 Å². The number of anilines is 3. The second-order valence-corrected chi connectivity index (χ2v) is 6.40. The first-order valence-electron chi connectivity index (χ1n) is 6.49. The molecule has 0 bridgehead atoms. The lowest BCUT2D eigenvalue weighted by molar-refractivity contribution is -0.384. The summed E-state index contributed by atoms with van der Waals surface area (Å²) in [5, 5.41) is 14.0. The van der Waals surface area contributed by atoms with E-state index < -0.39 is 25.6 Å². The molecule has 8 nitrogen and oxygen atoms in total. The topological polar surface area (TPSA) is 113 Å². The highest BCUT2D eigenvalue weighted by molar-refractivity contribution is 7.85. The zero-order chi connectivity index (χ0) is 17.2. The normalized spacial score (nSPS) is 11.1. The van der Waals surface area contributed by atoms with Crippen molar-refractivity contribution in [2.75, 3.05) is 24.3 Å². The van der Waals surface area contributed by atoms with Gasteiger partial charge >= 0.3 is 0 Å². The molecule has 122 valence electrons. The monoisotopic (exact) mass is 337 g/mol. The van der Waals surface area contributed by atoms with Crippen LogP contribution in [0.1, 0.15) is 0 Å². The van der Waals surface area contributed by atoms with Crippen LogP contribution in [0.25, 0.3) is 0 Å². The third-order valence-corrected chi connectivity index (χ3v) is 3.98. The van der Waals surface area contributed by atoms with E-state index in [1.165, 1.54) is 6.07 Å². The van der Waals surface area contributed by atoms with Gasteiger partial charge in [-0.05, 0) is 36.4 Å². The summed E-state index contributed by atoms with van der Waals surface area (Å²) in [4.78, 5) is 11.8. The first-order chi connectivity index (χ1) is 10.7. The Morgan fingerprint density at radius 2 is 1.74 bits per heavy atom. The van der Waals surface area contributed by atoms with Gasteiger partial charge in [0, 0.05) is 31.5 Å². The Hall–Kier alpha value is -2.65. The lowest BCUT2D eigenvalue weighted by atomic mass is 10.2. The Morgan fingerprint density at radius 1 is 1.13 bits per heavy atom. The van der Waals surface area contributed by atoms with E-state index in [-0.39, 0.29) is 5.69 Å². The summed E-state index contributed by atoms with van der Waals surface area (Å²) in [7, 11) is -0.721. The first kappa shape index (κ1) is 16.7. The van der Waals surface area contributed by atoms with Crippen molar-refractivity contribution in [3.05, 3.63) is 52.6 Å². The number of nitro groups is 1. The number of rotatable bonds is 5. The third kappa shape index (κ3) is 3.96. The standard InChI is InChI=1S/C14H15N3O5S/c1-16(2)11-5-3-10(4-6-11)15-13-8-7-12(23(20,21)22)9-14(13)17(18)19/h3-9,15H,1-2H3,(H,20,21,22). The summed E-state index contributed by atoms with van der Waals surface area (Å²) in [5.74, 6) is 0. The second kappa shape index (κ2) is 6.23. The van der Waals surface area contributed by atoms with E-state index in [0.29, 0.717) is 5.69 Å². The van der Waals surface area contributed by atoms with E-state index in [0.717, 1.165) is 17.8 Å². The minimum atomic E-state index is -4.50.